The van der Waals surface area contributed by atoms with Crippen LogP contribution in [0.15, 0.2) is 83.7 Å². The molecule has 0 bridgehead atoms. The van der Waals surface area contributed by atoms with Crippen molar-refractivity contribution in [2.45, 2.75) is 37.7 Å². The Morgan fingerprint density at radius 1 is 0.733 bits per heavy atom. The number of rotatable bonds is 2. The third kappa shape index (κ3) is 4.20. The molecule has 0 saturated heterocycles. The minimum absolute atomic E-state index is 0.109. The van der Waals surface area contributed by atoms with E-state index in [-0.39, 0.29) is 11.2 Å². The highest BCUT2D eigenvalue weighted by Gasteiger charge is 2.37. The number of hydrogen-bond donors (Lipinski definition) is 1. The summed E-state index contributed by atoms with van der Waals surface area (Å²) < 4.78 is 2.11. The summed E-state index contributed by atoms with van der Waals surface area (Å²) in [4.78, 5) is 24.2. The van der Waals surface area contributed by atoms with Crippen LogP contribution < -0.4 is 5.43 Å². The summed E-state index contributed by atoms with van der Waals surface area (Å²) in [6.07, 6.45) is 4.26. The fourth-order valence-corrected chi connectivity index (χ4v) is 5.04. The lowest BCUT2D eigenvalue weighted by Crippen LogP contribution is -2.40. The first-order chi connectivity index (χ1) is 14.6. The van der Waals surface area contributed by atoms with Crippen LogP contribution in [0.2, 0.25) is 0 Å². The predicted molar refractivity (Wildman–Crippen MR) is 124 cm³/mol. The molecule has 30 heavy (non-hydrogen) atoms. The van der Waals surface area contributed by atoms with Crippen LogP contribution in [0.1, 0.15) is 42.5 Å². The number of hydrogen-bond acceptors (Lipinski definition) is 4. The maximum Gasteiger partial charge on any atom is 0.195 e. The fraction of sp³-hybridized carbons (Fsp3) is 0.231. The summed E-state index contributed by atoms with van der Waals surface area (Å²) in [5, 5.41) is 11.9. The van der Waals surface area contributed by atoms with E-state index in [0.29, 0.717) is 18.4 Å². The minimum atomic E-state index is -1.10. The first-order valence-corrected chi connectivity index (χ1v) is 11.1. The number of carbonyl (C=O) groups is 1. The monoisotopic (exact) mass is 416 g/mol. The van der Waals surface area contributed by atoms with Gasteiger partial charge in [0, 0.05) is 25.7 Å². The maximum atomic E-state index is 12.1. The number of ketones is 1. The van der Waals surface area contributed by atoms with Gasteiger partial charge in [-0.2, -0.15) is 0 Å². The van der Waals surface area contributed by atoms with Crippen LogP contribution in [0.4, 0.5) is 0 Å². The standard InChI is InChI=1S/C13H16O2.C13H8OS/c14-12(11-7-3-1-4-8-11)13(15)9-5-2-6-10-13;14-13-9-5-1-3-7-11(9)15-12-8-4-2-6-10(12)13/h1,3-4,7-8,15H,2,5-6,9-10H2;1-8H. The molecule has 0 aliphatic heterocycles. The molecule has 5 rings (SSSR count). The second kappa shape index (κ2) is 8.90. The van der Waals surface area contributed by atoms with Gasteiger partial charge >= 0.3 is 0 Å². The number of aliphatic hydroxyl groups is 1. The molecule has 4 aromatic rings. The number of fused-ring (bicyclic) bond motifs is 2. The molecule has 0 radical (unpaired) electrons. The minimum Gasteiger partial charge on any atom is -0.382 e. The van der Waals surface area contributed by atoms with Crippen molar-refractivity contribution in [3.63, 3.8) is 0 Å². The van der Waals surface area contributed by atoms with Crippen LogP contribution in [0.3, 0.4) is 0 Å². The van der Waals surface area contributed by atoms with Gasteiger partial charge in [-0.1, -0.05) is 73.9 Å². The Morgan fingerprint density at radius 3 is 1.80 bits per heavy atom. The largest absolute Gasteiger partial charge is 0.382 e. The Hall–Kier alpha value is -2.82. The van der Waals surface area contributed by atoms with Crippen LogP contribution in [0.25, 0.3) is 20.2 Å². The van der Waals surface area contributed by atoms with Crippen LogP contribution in [-0.2, 0) is 0 Å². The fourth-order valence-electron chi connectivity index (χ4n) is 3.97. The smallest absolute Gasteiger partial charge is 0.195 e. The molecular formula is C26H24O3S. The molecule has 3 nitrogen and oxygen atoms in total. The van der Waals surface area contributed by atoms with E-state index in [1.165, 1.54) is 0 Å². The zero-order valence-electron chi connectivity index (χ0n) is 16.7. The van der Waals surface area contributed by atoms with Gasteiger partial charge in [-0.3, -0.25) is 9.59 Å². The normalized spacial score (nSPS) is 15.4. The van der Waals surface area contributed by atoms with Crippen molar-refractivity contribution in [2.75, 3.05) is 0 Å². The van der Waals surface area contributed by atoms with Crippen molar-refractivity contribution in [2.24, 2.45) is 0 Å². The van der Waals surface area contributed by atoms with Crippen molar-refractivity contribution >= 4 is 37.3 Å². The van der Waals surface area contributed by atoms with E-state index in [1.807, 2.05) is 66.7 Å². The van der Waals surface area contributed by atoms with Gasteiger partial charge in [0.25, 0.3) is 0 Å². The first kappa shape index (κ1) is 20.5. The molecule has 1 aromatic heterocycles. The summed E-state index contributed by atoms with van der Waals surface area (Å²) in [6.45, 7) is 0. The summed E-state index contributed by atoms with van der Waals surface area (Å²) >= 11 is 1.67. The second-order valence-electron chi connectivity index (χ2n) is 7.71. The highest BCUT2D eigenvalue weighted by molar-refractivity contribution is 7.24. The molecule has 1 heterocycles. The number of carbonyl (C=O) groups excluding carboxylic acids is 1. The van der Waals surface area contributed by atoms with Gasteiger partial charge in [0.15, 0.2) is 11.2 Å². The lowest BCUT2D eigenvalue weighted by Gasteiger charge is -2.30. The van der Waals surface area contributed by atoms with Gasteiger partial charge in [0.2, 0.25) is 0 Å². The molecule has 1 aliphatic rings. The first-order valence-electron chi connectivity index (χ1n) is 10.3. The second-order valence-corrected chi connectivity index (χ2v) is 8.79. The Balaban J connectivity index is 0.000000145. The molecule has 0 atom stereocenters. The summed E-state index contributed by atoms with van der Waals surface area (Å²) in [5.74, 6) is -0.109. The van der Waals surface area contributed by atoms with Gasteiger partial charge in [0.05, 0.1) is 0 Å². The molecule has 0 amide bonds. The van der Waals surface area contributed by atoms with Gasteiger partial charge < -0.3 is 5.11 Å². The molecule has 1 fully saturated rings. The van der Waals surface area contributed by atoms with Crippen LogP contribution >= 0.6 is 11.3 Å². The third-order valence-electron chi connectivity index (χ3n) is 5.62. The van der Waals surface area contributed by atoms with Crippen molar-refractivity contribution < 1.29 is 9.90 Å². The van der Waals surface area contributed by atoms with Gasteiger partial charge in [0.1, 0.15) is 5.60 Å². The van der Waals surface area contributed by atoms with Crippen LogP contribution in [-0.4, -0.2) is 16.5 Å². The van der Waals surface area contributed by atoms with Gasteiger partial charge in [-0.15, -0.1) is 11.3 Å². The average Bonchev–Trinajstić information content (AvgIpc) is 2.80. The maximum absolute atomic E-state index is 12.1. The van der Waals surface area contributed by atoms with E-state index in [2.05, 4.69) is 0 Å². The van der Waals surface area contributed by atoms with E-state index < -0.39 is 5.60 Å². The average molecular weight is 417 g/mol. The van der Waals surface area contributed by atoms with Gasteiger partial charge in [-0.05, 0) is 37.1 Å². The SMILES string of the molecule is O=C(c1ccccc1)C1(O)CCCCC1.O=c1c2ccccc2sc2ccccc12. The molecule has 3 aromatic carbocycles. The Bertz CT molecular complexity index is 1160. The van der Waals surface area contributed by atoms with E-state index in [1.54, 1.807) is 23.5 Å². The highest BCUT2D eigenvalue weighted by Crippen LogP contribution is 2.31. The zero-order valence-corrected chi connectivity index (χ0v) is 17.5. The van der Waals surface area contributed by atoms with Gasteiger partial charge in [-0.25, -0.2) is 0 Å². The number of benzene rings is 3. The van der Waals surface area contributed by atoms with Crippen molar-refractivity contribution in [3.8, 4) is 0 Å². The zero-order chi connectivity index (χ0) is 21.0. The Morgan fingerprint density at radius 2 is 1.23 bits per heavy atom. The lowest BCUT2D eigenvalue weighted by atomic mass is 9.79. The lowest BCUT2D eigenvalue weighted by molar-refractivity contribution is 0.0116. The van der Waals surface area contributed by atoms with E-state index in [0.717, 1.165) is 39.4 Å². The molecule has 0 unspecified atom stereocenters. The summed E-state index contributed by atoms with van der Waals surface area (Å²) in [5.41, 5.74) is -0.332. The van der Waals surface area contributed by atoms with Crippen molar-refractivity contribution in [1.29, 1.82) is 0 Å². The Kier molecular flexibility index (Phi) is 6.07. The Labute approximate surface area is 179 Å². The molecule has 152 valence electrons. The van der Waals surface area contributed by atoms with E-state index in [4.69, 9.17) is 0 Å². The topological polar surface area (TPSA) is 54.4 Å². The van der Waals surface area contributed by atoms with Crippen molar-refractivity contribution in [3.05, 3.63) is 94.6 Å². The van der Waals surface area contributed by atoms with Crippen molar-refractivity contribution in [1.82, 2.24) is 0 Å². The van der Waals surface area contributed by atoms with E-state index in [9.17, 15) is 14.7 Å². The predicted octanol–water partition coefficient (Wildman–Crippen LogP) is 5.98. The molecule has 4 heteroatoms. The summed E-state index contributed by atoms with van der Waals surface area (Å²) in [7, 11) is 0. The quantitative estimate of drug-likeness (QED) is 0.323. The van der Waals surface area contributed by atoms with Crippen LogP contribution in [0.5, 0.6) is 0 Å². The van der Waals surface area contributed by atoms with Crippen LogP contribution in [0, 0.1) is 0 Å². The highest BCUT2D eigenvalue weighted by atomic mass is 32.1. The summed E-state index contributed by atoms with van der Waals surface area (Å²) in [6, 6.07) is 24.6. The molecule has 0 spiro atoms. The van der Waals surface area contributed by atoms with E-state index >= 15 is 0 Å². The number of Topliss-reactive ketones (excluding diaryl/α,β-unsaturated/α-hetero) is 1. The molecule has 1 aliphatic carbocycles. The molecule has 1 saturated carbocycles. The third-order valence-corrected chi connectivity index (χ3v) is 6.77. The molecule has 1 N–H and O–H groups in total. The molecular weight excluding hydrogens is 392 g/mol.